The molecule has 97 heavy (non-hydrogen) atoms. The van der Waals surface area contributed by atoms with Gasteiger partial charge in [0, 0.05) is 25.7 Å². The second-order valence-electron chi connectivity index (χ2n) is 29.1. The number of hydrogen-bond acceptors (Lipinski definition) is 15. The maximum Gasteiger partial charge on any atom is 0.472 e. The number of carbonyl (C=O) groups excluding carboxylic acids is 4. The SMILES string of the molecule is CCCCCCCCCCCCCCCCCCCCCCCC(=O)O[C@H](COC(=O)CCCCCCCCCCCCCCCCC)COP(=O)(O)OC[C@@H](O)COP(=O)(O)OC[C@@H](COC(=O)CCCCCCCCCC(C)C)OC(=O)CCCCCCCCCCC(C)C. The largest absolute Gasteiger partial charge is 0.472 e. The Hall–Kier alpha value is -1.94. The quantitative estimate of drug-likeness (QED) is 0.0222. The Morgan fingerprint density at radius 2 is 0.474 bits per heavy atom. The number of hydrogen-bond donors (Lipinski definition) is 3. The van der Waals surface area contributed by atoms with Crippen molar-refractivity contribution in [3.05, 3.63) is 0 Å². The highest BCUT2D eigenvalue weighted by atomic mass is 31.2. The molecule has 0 aliphatic carbocycles. The molecule has 0 radical (unpaired) electrons. The maximum atomic E-state index is 13.1. The highest BCUT2D eigenvalue weighted by Gasteiger charge is 2.30. The van der Waals surface area contributed by atoms with Gasteiger partial charge in [-0.05, 0) is 37.5 Å². The predicted molar refractivity (Wildman–Crippen MR) is 395 cm³/mol. The minimum absolute atomic E-state index is 0.104. The standard InChI is InChI=1S/C78H152O17P2/c1-7-9-11-13-15-17-19-21-23-24-25-26-27-28-30-32-34-36-43-50-56-62-77(82)94-73(66-88-75(80)60-54-48-42-35-33-31-29-22-20-18-16-14-12-10-8-2)68-92-96(84,85)90-64-72(79)65-91-97(86,87)93-69-74(67-89-76(81)61-55-49-45-39-41-47-53-59-71(5)6)95-78(83)63-57-51-44-38-37-40-46-52-58-70(3)4/h70-74,79H,7-69H2,1-6H3,(H,84,85)(H,86,87)/t72-,73-,74-/m1/s1. The van der Waals surface area contributed by atoms with Crippen molar-refractivity contribution in [1.29, 1.82) is 0 Å². The van der Waals surface area contributed by atoms with Crippen LogP contribution >= 0.6 is 15.6 Å². The smallest absolute Gasteiger partial charge is 0.462 e. The summed E-state index contributed by atoms with van der Waals surface area (Å²) in [6, 6.07) is 0. The Balaban J connectivity index is 5.20. The summed E-state index contributed by atoms with van der Waals surface area (Å²) in [5.41, 5.74) is 0. The van der Waals surface area contributed by atoms with E-state index in [0.717, 1.165) is 102 Å². The minimum atomic E-state index is -4.96. The van der Waals surface area contributed by atoms with E-state index in [-0.39, 0.29) is 25.7 Å². The zero-order valence-corrected chi connectivity index (χ0v) is 65.2. The summed E-state index contributed by atoms with van der Waals surface area (Å²) in [5.74, 6) is -0.693. The average molecular weight is 1420 g/mol. The zero-order chi connectivity index (χ0) is 71.4. The van der Waals surface area contributed by atoms with Crippen molar-refractivity contribution in [3.8, 4) is 0 Å². The van der Waals surface area contributed by atoms with Gasteiger partial charge in [-0.1, -0.05) is 356 Å². The third-order valence-corrected chi connectivity index (χ3v) is 20.1. The molecule has 0 fully saturated rings. The molecular weight excluding hydrogens is 1270 g/mol. The van der Waals surface area contributed by atoms with Crippen molar-refractivity contribution in [3.63, 3.8) is 0 Å². The molecule has 0 aromatic carbocycles. The lowest BCUT2D eigenvalue weighted by atomic mass is 10.0. The molecular formula is C78H152O17P2. The van der Waals surface area contributed by atoms with Crippen LogP contribution in [0.15, 0.2) is 0 Å². The number of aliphatic hydroxyl groups excluding tert-OH is 1. The van der Waals surface area contributed by atoms with Gasteiger partial charge in [0.05, 0.1) is 26.4 Å². The predicted octanol–water partition coefficient (Wildman–Crippen LogP) is 23.1. The highest BCUT2D eigenvalue weighted by Crippen LogP contribution is 2.45. The van der Waals surface area contributed by atoms with Crippen molar-refractivity contribution in [2.45, 2.75) is 426 Å². The number of rotatable bonds is 77. The molecule has 19 heteroatoms. The van der Waals surface area contributed by atoms with E-state index in [1.54, 1.807) is 0 Å². The summed E-state index contributed by atoms with van der Waals surface area (Å²) < 4.78 is 68.5. The van der Waals surface area contributed by atoms with Gasteiger partial charge >= 0.3 is 39.5 Å². The second kappa shape index (κ2) is 69.8. The van der Waals surface area contributed by atoms with Crippen LogP contribution in [0.25, 0.3) is 0 Å². The zero-order valence-electron chi connectivity index (χ0n) is 63.4. The molecule has 0 spiro atoms. The van der Waals surface area contributed by atoms with Crippen molar-refractivity contribution >= 4 is 39.5 Å². The lowest BCUT2D eigenvalue weighted by Gasteiger charge is -2.21. The molecule has 0 heterocycles. The molecule has 2 unspecified atom stereocenters. The van der Waals surface area contributed by atoms with Gasteiger partial charge in [0.25, 0.3) is 0 Å². The molecule has 0 aromatic heterocycles. The van der Waals surface area contributed by atoms with E-state index in [4.69, 9.17) is 37.0 Å². The molecule has 17 nitrogen and oxygen atoms in total. The topological polar surface area (TPSA) is 237 Å². The third kappa shape index (κ3) is 72.2. The fourth-order valence-corrected chi connectivity index (χ4v) is 13.6. The fraction of sp³-hybridized carbons (Fsp3) is 0.949. The van der Waals surface area contributed by atoms with Crippen LogP contribution in [0, 0.1) is 11.8 Å². The van der Waals surface area contributed by atoms with Gasteiger partial charge in [0.15, 0.2) is 12.2 Å². The van der Waals surface area contributed by atoms with Crippen LogP contribution in [-0.2, 0) is 65.4 Å². The van der Waals surface area contributed by atoms with E-state index in [9.17, 15) is 43.2 Å². The molecule has 0 bridgehead atoms. The van der Waals surface area contributed by atoms with Gasteiger partial charge in [-0.3, -0.25) is 37.3 Å². The van der Waals surface area contributed by atoms with E-state index in [1.165, 1.54) is 218 Å². The maximum absolute atomic E-state index is 13.1. The van der Waals surface area contributed by atoms with E-state index in [0.29, 0.717) is 31.6 Å². The number of aliphatic hydroxyl groups is 1. The Bertz CT molecular complexity index is 1870. The lowest BCUT2D eigenvalue weighted by molar-refractivity contribution is -0.161. The molecule has 5 atom stereocenters. The molecule has 0 aliphatic heterocycles. The number of ether oxygens (including phenoxy) is 4. The molecule has 576 valence electrons. The summed E-state index contributed by atoms with van der Waals surface area (Å²) >= 11 is 0. The molecule has 3 N–H and O–H groups in total. The van der Waals surface area contributed by atoms with Crippen LogP contribution in [0.2, 0.25) is 0 Å². The average Bonchev–Trinajstić information content (AvgIpc) is 1.07. The van der Waals surface area contributed by atoms with Gasteiger partial charge in [-0.25, -0.2) is 9.13 Å². The van der Waals surface area contributed by atoms with Crippen molar-refractivity contribution in [2.75, 3.05) is 39.6 Å². The number of carbonyl (C=O) groups is 4. The van der Waals surface area contributed by atoms with Crippen LogP contribution < -0.4 is 0 Å². The number of esters is 4. The molecule has 0 saturated heterocycles. The Morgan fingerprint density at radius 1 is 0.278 bits per heavy atom. The lowest BCUT2D eigenvalue weighted by Crippen LogP contribution is -2.30. The normalized spacial score (nSPS) is 14.0. The number of phosphoric acid groups is 2. The van der Waals surface area contributed by atoms with Gasteiger partial charge in [-0.15, -0.1) is 0 Å². The second-order valence-corrected chi connectivity index (χ2v) is 32.0. The summed E-state index contributed by atoms with van der Waals surface area (Å²) in [6.45, 7) is 9.51. The monoisotopic (exact) mass is 1420 g/mol. The van der Waals surface area contributed by atoms with Gasteiger partial charge in [0.2, 0.25) is 0 Å². The summed E-state index contributed by atoms with van der Waals surface area (Å²) in [7, 11) is -9.91. The molecule has 0 aliphatic rings. The number of unbranched alkanes of at least 4 members (excludes halogenated alkanes) is 47. The Morgan fingerprint density at radius 3 is 0.701 bits per heavy atom. The Kier molecular flexibility index (Phi) is 68.4. The van der Waals surface area contributed by atoms with Crippen LogP contribution in [0.3, 0.4) is 0 Å². The molecule has 0 aromatic rings. The fourth-order valence-electron chi connectivity index (χ4n) is 12.0. The Labute approximate surface area is 594 Å². The first kappa shape index (κ1) is 95.1. The molecule has 0 rings (SSSR count). The highest BCUT2D eigenvalue weighted by molar-refractivity contribution is 7.47. The van der Waals surface area contributed by atoms with E-state index in [2.05, 4.69) is 41.5 Å². The first-order valence-corrected chi connectivity index (χ1v) is 43.5. The minimum Gasteiger partial charge on any atom is -0.462 e. The van der Waals surface area contributed by atoms with Crippen molar-refractivity contribution in [2.24, 2.45) is 11.8 Å². The van der Waals surface area contributed by atoms with Crippen LogP contribution in [0.1, 0.15) is 408 Å². The van der Waals surface area contributed by atoms with E-state index < -0.39 is 97.5 Å². The van der Waals surface area contributed by atoms with Crippen molar-refractivity contribution in [1.82, 2.24) is 0 Å². The summed E-state index contributed by atoms with van der Waals surface area (Å²) in [5, 5.41) is 10.6. The van der Waals surface area contributed by atoms with Crippen LogP contribution in [-0.4, -0.2) is 96.7 Å². The third-order valence-electron chi connectivity index (χ3n) is 18.2. The van der Waals surface area contributed by atoms with E-state index >= 15 is 0 Å². The molecule has 0 amide bonds. The molecule has 0 saturated carbocycles. The van der Waals surface area contributed by atoms with Crippen LogP contribution in [0.5, 0.6) is 0 Å². The summed E-state index contributed by atoms with van der Waals surface area (Å²) in [4.78, 5) is 72.8. The van der Waals surface area contributed by atoms with Gasteiger partial charge < -0.3 is 33.8 Å². The van der Waals surface area contributed by atoms with Gasteiger partial charge in [0.1, 0.15) is 19.3 Å². The van der Waals surface area contributed by atoms with Gasteiger partial charge in [-0.2, -0.15) is 0 Å². The van der Waals surface area contributed by atoms with Crippen molar-refractivity contribution < 1.29 is 80.2 Å². The first-order valence-electron chi connectivity index (χ1n) is 40.5. The van der Waals surface area contributed by atoms with E-state index in [1.807, 2.05) is 0 Å². The van der Waals surface area contributed by atoms with Crippen LogP contribution in [0.4, 0.5) is 0 Å². The number of phosphoric ester groups is 2. The first-order chi connectivity index (χ1) is 46.9. The summed E-state index contributed by atoms with van der Waals surface area (Å²) in [6.07, 6.45) is 58.5.